The first kappa shape index (κ1) is 13.0. The number of phenolic OH excluding ortho intramolecular Hbond substituents is 1. The van der Waals surface area contributed by atoms with Crippen molar-refractivity contribution in [3.63, 3.8) is 0 Å². The quantitative estimate of drug-likeness (QED) is 0.894. The van der Waals surface area contributed by atoms with Gasteiger partial charge in [-0.3, -0.25) is 4.79 Å². The number of fused-ring (bicyclic) bond motifs is 1. The minimum Gasteiger partial charge on any atom is -0.507 e. The molecule has 1 amide bonds. The second-order valence-electron chi connectivity index (χ2n) is 5.66. The van der Waals surface area contributed by atoms with Crippen molar-refractivity contribution in [3.05, 3.63) is 42.0 Å². The van der Waals surface area contributed by atoms with Crippen molar-refractivity contribution in [1.29, 1.82) is 0 Å². The van der Waals surface area contributed by atoms with Crippen LogP contribution in [0.1, 0.15) is 43.0 Å². The Kier molecular flexibility index (Phi) is 3.13. The number of carbonyl (C=O) groups excluding carboxylic acids is 1. The molecule has 0 spiro atoms. The summed E-state index contributed by atoms with van der Waals surface area (Å²) in [5.74, 6) is -0.124. The molecule has 0 bridgehead atoms. The highest BCUT2D eigenvalue weighted by molar-refractivity contribution is 6.01. The normalized spacial score (nSPS) is 16.6. The average Bonchev–Trinajstić information content (AvgIpc) is 2.42. The molecule has 3 nitrogen and oxygen atoms in total. The van der Waals surface area contributed by atoms with Crippen molar-refractivity contribution in [2.24, 2.45) is 0 Å². The van der Waals surface area contributed by atoms with Gasteiger partial charge in [0, 0.05) is 5.54 Å². The zero-order chi connectivity index (χ0) is 14.2. The van der Waals surface area contributed by atoms with Gasteiger partial charge in [0.05, 0.1) is 5.56 Å². The average molecular weight is 269 g/mol. The largest absolute Gasteiger partial charge is 0.507 e. The van der Waals surface area contributed by atoms with Crippen LogP contribution in [-0.4, -0.2) is 16.6 Å². The van der Waals surface area contributed by atoms with Gasteiger partial charge in [-0.2, -0.15) is 0 Å². The third-order valence-corrected chi connectivity index (χ3v) is 4.47. The summed E-state index contributed by atoms with van der Waals surface area (Å²) < 4.78 is 0. The summed E-state index contributed by atoms with van der Waals surface area (Å²) in [4.78, 5) is 12.4. The number of nitrogens with one attached hydrogen (secondary N) is 1. The molecule has 0 heterocycles. The Labute approximate surface area is 118 Å². The van der Waals surface area contributed by atoms with Crippen LogP contribution in [0.4, 0.5) is 0 Å². The summed E-state index contributed by atoms with van der Waals surface area (Å²) in [6, 6.07) is 11.1. The molecule has 0 saturated heterocycles. The maximum absolute atomic E-state index is 12.4. The molecule has 1 fully saturated rings. The summed E-state index contributed by atoms with van der Waals surface area (Å²) >= 11 is 0. The summed E-state index contributed by atoms with van der Waals surface area (Å²) in [6.07, 6.45) is 4.16. The standard InChI is InChI=1S/C17H19NO2/c1-2-17(8-5-9-17)18-16(20)14-10-12-6-3-4-7-13(12)11-15(14)19/h3-4,6-7,10-11,19H,2,5,8-9H2,1H3,(H,18,20). The first-order valence-corrected chi connectivity index (χ1v) is 7.18. The van der Waals surface area contributed by atoms with Crippen LogP contribution in [0.3, 0.4) is 0 Å². The van der Waals surface area contributed by atoms with Crippen LogP contribution >= 0.6 is 0 Å². The van der Waals surface area contributed by atoms with Gasteiger partial charge in [0.2, 0.25) is 0 Å². The second kappa shape index (κ2) is 4.82. The van der Waals surface area contributed by atoms with Crippen molar-refractivity contribution in [2.75, 3.05) is 0 Å². The van der Waals surface area contributed by atoms with Gasteiger partial charge in [0.25, 0.3) is 5.91 Å². The maximum Gasteiger partial charge on any atom is 0.255 e. The van der Waals surface area contributed by atoms with Crippen LogP contribution in [0.15, 0.2) is 36.4 Å². The van der Waals surface area contributed by atoms with Crippen molar-refractivity contribution in [1.82, 2.24) is 5.32 Å². The predicted molar refractivity (Wildman–Crippen MR) is 80.0 cm³/mol. The fraction of sp³-hybridized carbons (Fsp3) is 0.353. The van der Waals surface area contributed by atoms with Crippen LogP contribution in [0, 0.1) is 0 Å². The van der Waals surface area contributed by atoms with Gasteiger partial charge in [-0.05, 0) is 48.6 Å². The molecule has 1 aliphatic rings. The Morgan fingerprint density at radius 3 is 2.45 bits per heavy atom. The lowest BCUT2D eigenvalue weighted by molar-refractivity contribution is 0.0818. The highest BCUT2D eigenvalue weighted by atomic mass is 16.3. The molecule has 1 saturated carbocycles. The summed E-state index contributed by atoms with van der Waals surface area (Å²) in [6.45, 7) is 2.10. The third-order valence-electron chi connectivity index (χ3n) is 4.47. The molecule has 0 atom stereocenters. The minimum absolute atomic E-state index is 0.0479. The van der Waals surface area contributed by atoms with Crippen molar-refractivity contribution in [2.45, 2.75) is 38.1 Å². The molecule has 20 heavy (non-hydrogen) atoms. The van der Waals surface area contributed by atoms with Gasteiger partial charge >= 0.3 is 0 Å². The number of carbonyl (C=O) groups is 1. The molecule has 0 aromatic heterocycles. The van der Waals surface area contributed by atoms with Gasteiger partial charge in [-0.1, -0.05) is 31.2 Å². The lowest BCUT2D eigenvalue weighted by Crippen LogP contribution is -2.52. The Morgan fingerprint density at radius 1 is 1.25 bits per heavy atom. The maximum atomic E-state index is 12.4. The monoisotopic (exact) mass is 269 g/mol. The van der Waals surface area contributed by atoms with Gasteiger partial charge < -0.3 is 10.4 Å². The third kappa shape index (κ3) is 2.13. The summed E-state index contributed by atoms with van der Waals surface area (Å²) in [5.41, 5.74) is 0.304. The van der Waals surface area contributed by atoms with E-state index in [0.29, 0.717) is 5.56 Å². The second-order valence-corrected chi connectivity index (χ2v) is 5.66. The molecule has 104 valence electrons. The topological polar surface area (TPSA) is 49.3 Å². The number of rotatable bonds is 3. The summed E-state index contributed by atoms with van der Waals surface area (Å²) in [5, 5.41) is 15.1. The van der Waals surface area contributed by atoms with Gasteiger partial charge in [0.15, 0.2) is 0 Å². The van der Waals surface area contributed by atoms with E-state index in [1.807, 2.05) is 24.3 Å². The summed E-state index contributed by atoms with van der Waals surface area (Å²) in [7, 11) is 0. The van der Waals surface area contributed by atoms with E-state index in [2.05, 4.69) is 12.2 Å². The van der Waals surface area contributed by atoms with E-state index in [4.69, 9.17) is 0 Å². The Morgan fingerprint density at radius 2 is 1.90 bits per heavy atom. The molecular weight excluding hydrogens is 250 g/mol. The molecule has 0 aliphatic heterocycles. The van der Waals surface area contributed by atoms with Crippen LogP contribution in [0.2, 0.25) is 0 Å². The number of amides is 1. The van der Waals surface area contributed by atoms with Crippen molar-refractivity contribution < 1.29 is 9.90 Å². The molecule has 0 unspecified atom stereocenters. The van der Waals surface area contributed by atoms with Crippen LogP contribution in [0.25, 0.3) is 10.8 Å². The number of benzene rings is 2. The number of hydrogen-bond donors (Lipinski definition) is 2. The smallest absolute Gasteiger partial charge is 0.255 e. The fourth-order valence-corrected chi connectivity index (χ4v) is 2.89. The zero-order valence-electron chi connectivity index (χ0n) is 11.6. The fourth-order valence-electron chi connectivity index (χ4n) is 2.89. The van der Waals surface area contributed by atoms with Crippen LogP contribution < -0.4 is 5.32 Å². The van der Waals surface area contributed by atoms with E-state index in [-0.39, 0.29) is 17.2 Å². The predicted octanol–water partition coefficient (Wildman–Crippen LogP) is 3.61. The molecule has 1 aliphatic carbocycles. The minimum atomic E-state index is -0.171. The Balaban J connectivity index is 1.93. The molecule has 3 rings (SSSR count). The molecule has 3 heteroatoms. The highest BCUT2D eigenvalue weighted by Crippen LogP contribution is 2.35. The number of aromatic hydroxyl groups is 1. The lowest BCUT2D eigenvalue weighted by atomic mass is 9.74. The molecular formula is C17H19NO2. The first-order valence-electron chi connectivity index (χ1n) is 7.18. The van der Waals surface area contributed by atoms with Crippen molar-refractivity contribution >= 4 is 16.7 Å². The molecule has 2 aromatic carbocycles. The lowest BCUT2D eigenvalue weighted by Gasteiger charge is -2.42. The molecule has 2 N–H and O–H groups in total. The Hall–Kier alpha value is -2.03. The van der Waals surface area contributed by atoms with E-state index in [9.17, 15) is 9.90 Å². The van der Waals surface area contributed by atoms with Crippen molar-refractivity contribution in [3.8, 4) is 5.75 Å². The van der Waals surface area contributed by atoms with Gasteiger partial charge in [0.1, 0.15) is 5.75 Å². The molecule has 2 aromatic rings. The van der Waals surface area contributed by atoms with E-state index < -0.39 is 0 Å². The molecule has 0 radical (unpaired) electrons. The van der Waals surface area contributed by atoms with Crippen LogP contribution in [-0.2, 0) is 0 Å². The van der Waals surface area contributed by atoms with Gasteiger partial charge in [-0.15, -0.1) is 0 Å². The van der Waals surface area contributed by atoms with Gasteiger partial charge in [-0.25, -0.2) is 0 Å². The first-order chi connectivity index (χ1) is 9.63. The highest BCUT2D eigenvalue weighted by Gasteiger charge is 2.36. The SMILES string of the molecule is CCC1(NC(=O)c2cc3ccccc3cc2O)CCC1. The number of hydrogen-bond acceptors (Lipinski definition) is 2. The van der Waals surface area contributed by atoms with E-state index in [1.54, 1.807) is 12.1 Å². The number of phenols is 1. The Bertz CT molecular complexity index is 654. The van der Waals surface area contributed by atoms with E-state index >= 15 is 0 Å². The van der Waals surface area contributed by atoms with Crippen LogP contribution in [0.5, 0.6) is 5.75 Å². The van der Waals surface area contributed by atoms with E-state index in [1.165, 1.54) is 0 Å². The van der Waals surface area contributed by atoms with E-state index in [0.717, 1.165) is 36.5 Å². The zero-order valence-corrected chi connectivity index (χ0v) is 11.6.